The molecule has 3 aromatic rings. The van der Waals surface area contributed by atoms with Gasteiger partial charge >= 0.3 is 0 Å². The van der Waals surface area contributed by atoms with Crippen LogP contribution in [-0.4, -0.2) is 63.2 Å². The van der Waals surface area contributed by atoms with Gasteiger partial charge in [-0.1, -0.05) is 74.0 Å². The number of hydrogen-bond acceptors (Lipinski definition) is 6. The van der Waals surface area contributed by atoms with Crippen LogP contribution in [0.15, 0.2) is 72.8 Å². The van der Waals surface area contributed by atoms with Gasteiger partial charge in [0.05, 0.1) is 11.4 Å². The molecule has 1 unspecified atom stereocenters. The monoisotopic (exact) mass is 607 g/mol. The number of rotatable bonds is 13. The molecular formula is C33H41N3O6S. The summed E-state index contributed by atoms with van der Waals surface area (Å²) in [5.41, 5.74) is 3.03. The number of carbonyl (C=O) groups is 2. The molecule has 0 saturated heterocycles. The Hall–Kier alpha value is -4.05. The third kappa shape index (κ3) is 8.50. The smallest absolute Gasteiger partial charge is 0.244 e. The Balaban J connectivity index is 1.74. The van der Waals surface area contributed by atoms with Gasteiger partial charge in [-0.15, -0.1) is 0 Å². The number of hydrogen-bond donors (Lipinski definition) is 1. The highest BCUT2D eigenvalue weighted by molar-refractivity contribution is 7.92. The van der Waals surface area contributed by atoms with Crippen LogP contribution in [0, 0.1) is 12.8 Å². The van der Waals surface area contributed by atoms with Crippen molar-refractivity contribution in [3.05, 3.63) is 89.5 Å². The largest absolute Gasteiger partial charge is 0.486 e. The van der Waals surface area contributed by atoms with E-state index in [4.69, 9.17) is 9.47 Å². The number of fused-ring (bicyclic) bond motifs is 1. The summed E-state index contributed by atoms with van der Waals surface area (Å²) < 4.78 is 39.2. The molecule has 0 spiro atoms. The van der Waals surface area contributed by atoms with Gasteiger partial charge in [-0.2, -0.15) is 0 Å². The fourth-order valence-corrected chi connectivity index (χ4v) is 5.94. The predicted molar refractivity (Wildman–Crippen MR) is 168 cm³/mol. The Morgan fingerprint density at radius 2 is 1.60 bits per heavy atom. The highest BCUT2D eigenvalue weighted by Gasteiger charge is 2.34. The summed E-state index contributed by atoms with van der Waals surface area (Å²) in [6, 6.07) is 21.2. The fourth-order valence-electron chi connectivity index (χ4n) is 4.89. The first-order chi connectivity index (χ1) is 20.6. The van der Waals surface area contributed by atoms with Crippen molar-refractivity contribution in [1.82, 2.24) is 10.2 Å². The minimum atomic E-state index is -3.89. The predicted octanol–water partition coefficient (Wildman–Crippen LogP) is 4.33. The molecule has 43 heavy (non-hydrogen) atoms. The minimum absolute atomic E-state index is 0.133. The number of nitrogens with one attached hydrogen (secondary N) is 1. The fraction of sp³-hybridized carbons (Fsp3) is 0.394. The van der Waals surface area contributed by atoms with Gasteiger partial charge in [-0.05, 0) is 43.0 Å². The van der Waals surface area contributed by atoms with Crippen LogP contribution in [0.3, 0.4) is 0 Å². The zero-order valence-corrected chi connectivity index (χ0v) is 26.1. The first kappa shape index (κ1) is 31.9. The molecule has 2 amide bonds. The third-order valence-corrected chi connectivity index (χ3v) is 8.93. The van der Waals surface area contributed by atoms with Gasteiger partial charge in [0, 0.05) is 25.6 Å². The average Bonchev–Trinajstić information content (AvgIpc) is 3.00. The van der Waals surface area contributed by atoms with Crippen LogP contribution in [0.4, 0.5) is 5.69 Å². The van der Waals surface area contributed by atoms with E-state index in [2.05, 4.69) is 5.32 Å². The number of aryl methyl sites for hydroxylation is 1. The topological polar surface area (TPSA) is 105 Å². The van der Waals surface area contributed by atoms with Crippen LogP contribution in [-0.2, 0) is 32.6 Å². The van der Waals surface area contributed by atoms with Crippen molar-refractivity contribution in [3.8, 4) is 11.5 Å². The summed E-state index contributed by atoms with van der Waals surface area (Å²) in [6.07, 6.45) is 0.271. The number of anilines is 1. The third-order valence-electron chi connectivity index (χ3n) is 7.18. The van der Waals surface area contributed by atoms with E-state index >= 15 is 0 Å². The molecule has 4 rings (SSSR count). The molecule has 0 radical (unpaired) electrons. The summed E-state index contributed by atoms with van der Waals surface area (Å²) >= 11 is 0. The van der Waals surface area contributed by atoms with Crippen molar-refractivity contribution in [2.24, 2.45) is 5.92 Å². The van der Waals surface area contributed by atoms with E-state index in [0.29, 0.717) is 36.9 Å². The van der Waals surface area contributed by atoms with E-state index in [1.807, 2.05) is 75.4 Å². The molecule has 0 aliphatic carbocycles. The molecule has 0 fully saturated rings. The van der Waals surface area contributed by atoms with Crippen LogP contribution in [0.5, 0.6) is 11.5 Å². The van der Waals surface area contributed by atoms with Crippen LogP contribution < -0.4 is 19.1 Å². The Labute approximate surface area is 254 Å². The number of carbonyl (C=O) groups excluding carboxylic acids is 2. The Morgan fingerprint density at radius 3 is 2.28 bits per heavy atom. The number of amides is 2. The molecular weight excluding hydrogens is 566 g/mol. The van der Waals surface area contributed by atoms with Crippen LogP contribution in [0.2, 0.25) is 0 Å². The second-order valence-electron chi connectivity index (χ2n) is 11.1. The molecule has 1 heterocycles. The molecule has 0 bridgehead atoms. The standard InChI is InChI=1S/C33H41N3O6S/c1-5-43(39,40)36(28-14-15-30-31(20-28)42-17-16-41-30)23-32(37)35(22-27-13-9-10-25(4)18-27)29(33(38)34-21-24(2)3)19-26-11-7-6-8-12-26/h6-15,18,20,24,29H,5,16-17,19,21-23H2,1-4H3,(H,34,38). The van der Waals surface area contributed by atoms with Gasteiger partial charge in [-0.3, -0.25) is 13.9 Å². The van der Waals surface area contributed by atoms with Crippen molar-refractivity contribution in [2.45, 2.75) is 46.7 Å². The normalized spacial score (nSPS) is 13.3. The zero-order valence-electron chi connectivity index (χ0n) is 25.3. The van der Waals surface area contributed by atoms with E-state index in [-0.39, 0.29) is 30.5 Å². The lowest BCUT2D eigenvalue weighted by atomic mass is 10.0. The Kier molecular flexibility index (Phi) is 10.7. The second kappa shape index (κ2) is 14.4. The first-order valence-corrected chi connectivity index (χ1v) is 16.2. The van der Waals surface area contributed by atoms with Gasteiger partial charge in [0.25, 0.3) is 0 Å². The van der Waals surface area contributed by atoms with Gasteiger partial charge < -0.3 is 19.7 Å². The van der Waals surface area contributed by atoms with Crippen molar-refractivity contribution < 1.29 is 27.5 Å². The molecule has 1 aliphatic heterocycles. The highest BCUT2D eigenvalue weighted by atomic mass is 32.2. The van der Waals surface area contributed by atoms with Gasteiger partial charge in [0.15, 0.2) is 11.5 Å². The molecule has 1 aliphatic rings. The van der Waals surface area contributed by atoms with E-state index in [0.717, 1.165) is 21.0 Å². The minimum Gasteiger partial charge on any atom is -0.486 e. The Morgan fingerprint density at radius 1 is 0.907 bits per heavy atom. The maximum absolute atomic E-state index is 14.3. The molecule has 0 saturated carbocycles. The number of ether oxygens (including phenoxy) is 2. The molecule has 1 N–H and O–H groups in total. The summed E-state index contributed by atoms with van der Waals surface area (Å²) in [6.45, 7) is 8.34. The molecule has 230 valence electrons. The average molecular weight is 608 g/mol. The van der Waals surface area contributed by atoms with Crippen molar-refractivity contribution >= 4 is 27.5 Å². The SMILES string of the molecule is CCS(=O)(=O)N(CC(=O)N(Cc1cccc(C)c1)C(Cc1ccccc1)C(=O)NCC(C)C)c1ccc2c(c1)OCCO2. The van der Waals surface area contributed by atoms with E-state index < -0.39 is 28.5 Å². The molecule has 3 aromatic carbocycles. The van der Waals surface area contributed by atoms with Crippen molar-refractivity contribution in [1.29, 1.82) is 0 Å². The highest BCUT2D eigenvalue weighted by Crippen LogP contribution is 2.35. The van der Waals surface area contributed by atoms with Crippen molar-refractivity contribution in [3.63, 3.8) is 0 Å². The number of sulfonamides is 1. The maximum atomic E-state index is 14.3. The van der Waals surface area contributed by atoms with Gasteiger partial charge in [0.2, 0.25) is 21.8 Å². The van der Waals surface area contributed by atoms with Crippen molar-refractivity contribution in [2.75, 3.05) is 36.4 Å². The Bertz CT molecular complexity index is 1510. The second-order valence-corrected chi connectivity index (χ2v) is 13.3. The maximum Gasteiger partial charge on any atom is 0.244 e. The summed E-state index contributed by atoms with van der Waals surface area (Å²) in [5.74, 6) is 0.147. The number of nitrogens with zero attached hydrogens (tertiary/aromatic N) is 2. The van der Waals surface area contributed by atoms with Gasteiger partial charge in [0.1, 0.15) is 25.8 Å². The van der Waals surface area contributed by atoms with E-state index in [1.165, 1.54) is 11.8 Å². The first-order valence-electron chi connectivity index (χ1n) is 14.6. The van der Waals surface area contributed by atoms with E-state index in [9.17, 15) is 18.0 Å². The van der Waals surface area contributed by atoms with Crippen LogP contribution >= 0.6 is 0 Å². The van der Waals surface area contributed by atoms with Crippen LogP contribution in [0.25, 0.3) is 0 Å². The lowest BCUT2D eigenvalue weighted by Gasteiger charge is -2.34. The summed E-state index contributed by atoms with van der Waals surface area (Å²) in [4.78, 5) is 29.6. The number of benzene rings is 3. The lowest BCUT2D eigenvalue weighted by Crippen LogP contribution is -2.54. The summed E-state index contributed by atoms with van der Waals surface area (Å²) in [7, 11) is -3.89. The van der Waals surface area contributed by atoms with E-state index in [1.54, 1.807) is 18.2 Å². The quantitative estimate of drug-likeness (QED) is 0.310. The van der Waals surface area contributed by atoms with Gasteiger partial charge in [-0.25, -0.2) is 8.42 Å². The summed E-state index contributed by atoms with van der Waals surface area (Å²) in [5, 5.41) is 3.00. The molecule has 10 heteroatoms. The molecule has 0 aromatic heterocycles. The zero-order chi connectivity index (χ0) is 31.0. The lowest BCUT2D eigenvalue weighted by molar-refractivity contribution is -0.140. The molecule has 1 atom stereocenters. The van der Waals surface area contributed by atoms with Crippen LogP contribution in [0.1, 0.15) is 37.5 Å². The molecule has 9 nitrogen and oxygen atoms in total.